The number of carbonyl (C=O) groups is 2. The molecule has 3 aromatic rings. The number of ether oxygens (including phenoxy) is 2. The second-order valence-electron chi connectivity index (χ2n) is 6.93. The van der Waals surface area contributed by atoms with Crippen LogP contribution in [0.2, 0.25) is 5.15 Å². The average molecular weight is 590 g/mol. The van der Waals surface area contributed by atoms with Crippen molar-refractivity contribution >= 4 is 46.1 Å². The van der Waals surface area contributed by atoms with Crippen LogP contribution in [-0.2, 0) is 41.0 Å². The lowest BCUT2D eigenvalue weighted by Crippen LogP contribution is -3.00. The first-order valence-corrected chi connectivity index (χ1v) is 10.2. The third kappa shape index (κ3) is 5.81. The smallest absolute Gasteiger partial charge is 0.331 e. The summed E-state index contributed by atoms with van der Waals surface area (Å²) >= 11 is 5.87. The van der Waals surface area contributed by atoms with Crippen LogP contribution in [0.1, 0.15) is 28.8 Å². The van der Waals surface area contributed by atoms with Crippen LogP contribution in [-0.4, -0.2) is 40.1 Å². The highest BCUT2D eigenvalue weighted by Crippen LogP contribution is 2.19. The Bertz CT molecular complexity index is 1190. The summed E-state index contributed by atoms with van der Waals surface area (Å²) in [5.74, 6) is -0.218. The fraction of sp³-hybridized carbons (Fsp3) is 0.350. The lowest BCUT2D eigenvalue weighted by molar-refractivity contribution is -0.654. The van der Waals surface area contributed by atoms with Gasteiger partial charge in [-0.05, 0) is 24.6 Å². The zero-order chi connectivity index (χ0) is 23.4. The molecule has 1 amide bonds. The number of benzene rings is 1. The van der Waals surface area contributed by atoms with Gasteiger partial charge in [0.15, 0.2) is 33.5 Å². The van der Waals surface area contributed by atoms with Crippen LogP contribution < -0.4 is 45.3 Å². The highest BCUT2D eigenvalue weighted by molar-refractivity contribution is 6.31. The molecule has 0 unspecified atom stereocenters. The van der Waals surface area contributed by atoms with Crippen molar-refractivity contribution < 1.29 is 47.6 Å². The first-order valence-electron chi connectivity index (χ1n) is 9.78. The van der Waals surface area contributed by atoms with E-state index in [4.69, 9.17) is 27.8 Å². The van der Waals surface area contributed by atoms with Gasteiger partial charge < -0.3 is 50.2 Å². The topological polar surface area (TPSA) is 151 Å². The maximum absolute atomic E-state index is 12.6. The number of nitrogens with one attached hydrogen (secondary N) is 1. The van der Waals surface area contributed by atoms with Gasteiger partial charge in [0.2, 0.25) is 0 Å². The molecular formula is C20H25ClIN7O4. The van der Waals surface area contributed by atoms with Crippen LogP contribution in [0.5, 0.6) is 0 Å². The predicted octanol–water partition coefficient (Wildman–Crippen LogP) is -2.28. The molecule has 0 atom stereocenters. The molecule has 0 fully saturated rings. The molecule has 3 rings (SSSR count). The number of nitrogens with two attached hydrogens (primary N) is 2. The molecule has 33 heavy (non-hydrogen) atoms. The number of esters is 1. The average Bonchev–Trinajstić information content (AvgIpc) is 3.04. The largest absolute Gasteiger partial charge is 1.00 e. The molecule has 0 aliphatic carbocycles. The van der Waals surface area contributed by atoms with Crippen LogP contribution in [0.4, 0.5) is 11.6 Å². The van der Waals surface area contributed by atoms with Crippen molar-refractivity contribution in [3.63, 3.8) is 0 Å². The Kier molecular flexibility index (Phi) is 9.19. The number of hydrogen-bond acceptors (Lipinski definition) is 8. The van der Waals surface area contributed by atoms with Gasteiger partial charge in [0.25, 0.3) is 11.7 Å². The normalized spacial score (nSPS) is 10.7. The molecule has 0 radical (unpaired) electrons. The molecule has 0 aliphatic heterocycles. The zero-order valence-corrected chi connectivity index (χ0v) is 21.3. The summed E-state index contributed by atoms with van der Waals surface area (Å²) < 4.78 is 14.0. The standard InChI is InChI=1S/C20H24ClN7O4.HI/c1-4-28-13-7-11(9-32-10-15(29)31-3)5-6-12(13)27(2)14(28)8-24-20(30)16-18(22)26-19(23)17(21)25-16;/h5-7H,4,8-10H2,1-3H3,(H4-,22,23,24,26,30);1H. The van der Waals surface area contributed by atoms with Gasteiger partial charge in [-0.15, -0.1) is 0 Å². The van der Waals surface area contributed by atoms with Crippen molar-refractivity contribution in [3.05, 3.63) is 40.4 Å². The van der Waals surface area contributed by atoms with E-state index >= 15 is 0 Å². The number of halogens is 2. The molecule has 13 heteroatoms. The van der Waals surface area contributed by atoms with Crippen molar-refractivity contribution in [2.45, 2.75) is 26.6 Å². The quantitative estimate of drug-likeness (QED) is 0.151. The number of aryl methyl sites for hydroxylation is 2. The van der Waals surface area contributed by atoms with Gasteiger partial charge in [-0.25, -0.2) is 23.9 Å². The highest BCUT2D eigenvalue weighted by Gasteiger charge is 2.24. The van der Waals surface area contributed by atoms with E-state index in [1.807, 2.05) is 36.7 Å². The number of hydrogen-bond donors (Lipinski definition) is 3. The number of amides is 1. The summed E-state index contributed by atoms with van der Waals surface area (Å²) in [6, 6.07) is 5.88. The third-order valence-corrected chi connectivity index (χ3v) is 5.23. The van der Waals surface area contributed by atoms with Crippen LogP contribution in [0, 0.1) is 0 Å². The SMILES string of the molecule is CCn1c(CNC(=O)c2nc(Cl)c(N)nc2N)[n+](C)c2ccc(COCC(=O)OC)cc21.[I-]. The highest BCUT2D eigenvalue weighted by atomic mass is 127. The Balaban J connectivity index is 0.00000385. The summed E-state index contributed by atoms with van der Waals surface area (Å²) in [6.07, 6.45) is 0. The number of methoxy groups -OCH3 is 1. The molecule has 5 N–H and O–H groups in total. The van der Waals surface area contributed by atoms with Gasteiger partial charge in [-0.3, -0.25) is 4.79 Å². The molecular weight excluding hydrogens is 565 g/mol. The van der Waals surface area contributed by atoms with Crippen molar-refractivity contribution in [2.75, 3.05) is 25.2 Å². The first-order chi connectivity index (χ1) is 15.3. The maximum Gasteiger partial charge on any atom is 0.331 e. The number of nitrogens with zero attached hydrogens (tertiary/aromatic N) is 4. The van der Waals surface area contributed by atoms with E-state index in [0.717, 1.165) is 22.4 Å². The number of aromatic nitrogens is 4. The molecule has 0 aliphatic rings. The Labute approximate surface area is 212 Å². The lowest BCUT2D eigenvalue weighted by Gasteiger charge is -2.07. The molecule has 178 valence electrons. The Morgan fingerprint density at radius 1 is 1.24 bits per heavy atom. The molecule has 0 bridgehead atoms. The lowest BCUT2D eigenvalue weighted by atomic mass is 10.2. The third-order valence-electron chi connectivity index (χ3n) is 4.95. The second kappa shape index (κ2) is 11.4. The number of nitrogen functional groups attached to an aromatic ring is 2. The summed E-state index contributed by atoms with van der Waals surface area (Å²) in [4.78, 5) is 31.6. The van der Waals surface area contributed by atoms with Crippen molar-refractivity contribution in [1.29, 1.82) is 0 Å². The van der Waals surface area contributed by atoms with Gasteiger partial charge in [0.05, 0.1) is 27.3 Å². The fourth-order valence-electron chi connectivity index (χ4n) is 3.35. The van der Waals surface area contributed by atoms with Crippen molar-refractivity contribution in [2.24, 2.45) is 7.05 Å². The predicted molar refractivity (Wildman–Crippen MR) is 117 cm³/mol. The molecule has 0 spiro atoms. The number of rotatable bonds is 8. The van der Waals surface area contributed by atoms with E-state index in [9.17, 15) is 9.59 Å². The second-order valence-corrected chi connectivity index (χ2v) is 7.29. The minimum Gasteiger partial charge on any atom is -1.00 e. The van der Waals surface area contributed by atoms with Crippen LogP contribution in [0.3, 0.4) is 0 Å². The monoisotopic (exact) mass is 589 g/mol. The molecule has 0 saturated carbocycles. The van der Waals surface area contributed by atoms with Gasteiger partial charge in [-0.1, -0.05) is 17.7 Å². The Hall–Kier alpha value is -2.71. The van der Waals surface area contributed by atoms with E-state index in [-0.39, 0.29) is 66.2 Å². The minimum absolute atomic E-state index is 0. The number of anilines is 2. The minimum atomic E-state index is -0.512. The zero-order valence-electron chi connectivity index (χ0n) is 18.4. The van der Waals surface area contributed by atoms with Crippen LogP contribution in [0.15, 0.2) is 18.2 Å². The molecule has 0 saturated heterocycles. The Morgan fingerprint density at radius 3 is 2.64 bits per heavy atom. The van der Waals surface area contributed by atoms with Crippen LogP contribution >= 0.6 is 11.6 Å². The van der Waals surface area contributed by atoms with E-state index in [0.29, 0.717) is 6.54 Å². The number of imidazole rings is 1. The molecule has 2 aromatic heterocycles. The first kappa shape index (κ1) is 26.5. The summed E-state index contributed by atoms with van der Waals surface area (Å²) in [5.41, 5.74) is 14.1. The van der Waals surface area contributed by atoms with E-state index < -0.39 is 11.9 Å². The fourth-order valence-corrected chi connectivity index (χ4v) is 3.47. The van der Waals surface area contributed by atoms with Gasteiger partial charge in [0, 0.05) is 0 Å². The van der Waals surface area contributed by atoms with Crippen LogP contribution in [0.25, 0.3) is 11.0 Å². The summed E-state index contributed by atoms with van der Waals surface area (Å²) in [6.45, 7) is 3.05. The Morgan fingerprint density at radius 2 is 1.97 bits per heavy atom. The van der Waals surface area contributed by atoms with Gasteiger partial charge in [-0.2, -0.15) is 0 Å². The molecule has 1 aromatic carbocycles. The van der Waals surface area contributed by atoms with Crippen molar-refractivity contribution in [1.82, 2.24) is 19.9 Å². The van der Waals surface area contributed by atoms with E-state index in [1.165, 1.54) is 7.11 Å². The molecule has 2 heterocycles. The maximum atomic E-state index is 12.6. The van der Waals surface area contributed by atoms with Crippen molar-refractivity contribution in [3.8, 4) is 0 Å². The summed E-state index contributed by atoms with van der Waals surface area (Å²) in [5, 5.41) is 2.72. The summed E-state index contributed by atoms with van der Waals surface area (Å²) in [7, 11) is 3.23. The molecule has 11 nitrogen and oxygen atoms in total. The van der Waals surface area contributed by atoms with Gasteiger partial charge >= 0.3 is 5.97 Å². The van der Waals surface area contributed by atoms with Gasteiger partial charge in [0.1, 0.15) is 13.2 Å². The number of fused-ring (bicyclic) bond motifs is 1. The van der Waals surface area contributed by atoms with E-state index in [2.05, 4.69) is 24.6 Å². The van der Waals surface area contributed by atoms with E-state index in [1.54, 1.807) is 0 Å². The number of carbonyl (C=O) groups excluding carboxylic acids is 2.